The van der Waals surface area contributed by atoms with E-state index >= 15 is 0 Å². The van der Waals surface area contributed by atoms with Crippen LogP contribution in [0.1, 0.15) is 13.8 Å². The summed E-state index contributed by atoms with van der Waals surface area (Å²) in [6, 6.07) is 3.80. The third-order valence-corrected chi connectivity index (χ3v) is 1.74. The van der Waals surface area contributed by atoms with Gasteiger partial charge in [-0.15, -0.1) is 0 Å². The molecule has 1 rings (SSSR count). The Kier molecular flexibility index (Phi) is 16.6. The first-order valence-corrected chi connectivity index (χ1v) is 5.03. The van der Waals surface area contributed by atoms with Crippen LogP contribution in [0.4, 0.5) is 0 Å². The summed E-state index contributed by atoms with van der Waals surface area (Å²) >= 11 is 4.70. The minimum atomic E-state index is 0. The Morgan fingerprint density at radius 3 is 2.33 bits per heavy atom. The van der Waals surface area contributed by atoms with Crippen molar-refractivity contribution in [1.29, 1.82) is 0 Å². The van der Waals surface area contributed by atoms with Crippen LogP contribution in [0, 0.1) is 6.42 Å². The van der Waals surface area contributed by atoms with E-state index in [1.165, 1.54) is 10.8 Å². The molecule has 0 aliphatic rings. The van der Waals surface area contributed by atoms with Crippen molar-refractivity contribution in [2.45, 2.75) is 18.7 Å². The van der Waals surface area contributed by atoms with E-state index in [-0.39, 0.29) is 51.4 Å². The molecule has 0 N–H and O–H groups in total. The van der Waals surface area contributed by atoms with Crippen molar-refractivity contribution in [3.63, 3.8) is 0 Å². The molecule has 62 valence electrons. The summed E-state index contributed by atoms with van der Waals surface area (Å²) in [6.07, 6.45) is 5.48. The Morgan fingerprint density at radius 1 is 1.50 bits per heavy atom. The predicted molar refractivity (Wildman–Crippen MR) is 53.1 cm³/mol. The monoisotopic (exact) mass is 224 g/mol. The molecule has 0 spiro atoms. The van der Waals surface area contributed by atoms with E-state index in [4.69, 9.17) is 11.7 Å². The zero-order valence-electron chi connectivity index (χ0n) is 7.65. The third kappa shape index (κ3) is 9.57. The van der Waals surface area contributed by atoms with Gasteiger partial charge in [0.25, 0.3) is 0 Å². The molecule has 0 fully saturated rings. The van der Waals surface area contributed by atoms with Gasteiger partial charge in [0.2, 0.25) is 0 Å². The largest absolute Gasteiger partial charge is 1.00 e. The van der Waals surface area contributed by atoms with Gasteiger partial charge < -0.3 is 18.1 Å². The molecule has 0 saturated carbocycles. The van der Waals surface area contributed by atoms with Gasteiger partial charge >= 0.3 is 51.4 Å². The molecule has 12 heavy (non-hydrogen) atoms. The van der Waals surface area contributed by atoms with Crippen LogP contribution in [0.2, 0.25) is 0 Å². The van der Waals surface area contributed by atoms with Crippen molar-refractivity contribution in [2.24, 2.45) is 0 Å². The number of hydrogen-bond donors (Lipinski definition) is 0. The van der Waals surface area contributed by atoms with Crippen LogP contribution in [0.25, 0.3) is 0 Å². The van der Waals surface area contributed by atoms with Crippen molar-refractivity contribution in [3.8, 4) is 0 Å². The maximum atomic E-state index is 4.70. The molecule has 1 aromatic heterocycles. The van der Waals surface area contributed by atoms with Crippen molar-refractivity contribution >= 4 is 22.5 Å². The molecule has 1 heterocycles. The first kappa shape index (κ1) is 15.9. The molecule has 0 aromatic carbocycles. The van der Waals surface area contributed by atoms with Gasteiger partial charge in [0.05, 0.1) is 0 Å². The summed E-state index contributed by atoms with van der Waals surface area (Å²) < 4.78 is 0. The van der Waals surface area contributed by atoms with E-state index in [2.05, 4.69) is 4.98 Å². The molecule has 0 saturated heterocycles. The Morgan fingerprint density at radius 2 is 2.08 bits per heavy atom. The molecule has 1 nitrogen and oxygen atoms in total. The van der Waals surface area contributed by atoms with E-state index in [1.54, 1.807) is 12.4 Å². The number of rotatable bonds is 1. The van der Waals surface area contributed by atoms with E-state index < -0.39 is 0 Å². The molecule has 4 heteroatoms. The van der Waals surface area contributed by atoms with E-state index in [9.17, 15) is 0 Å². The van der Waals surface area contributed by atoms with E-state index in [0.29, 0.717) is 0 Å². The maximum absolute atomic E-state index is 4.70. The molecule has 0 bridgehead atoms. The summed E-state index contributed by atoms with van der Waals surface area (Å²) in [7, 11) is 1.29. The number of pyridine rings is 1. The Bertz CT molecular complexity index is 170. The van der Waals surface area contributed by atoms with Crippen LogP contribution in [0.15, 0.2) is 29.4 Å². The number of aromatic nitrogens is 1. The second-order valence-corrected chi connectivity index (χ2v) is 2.99. The molecule has 1 aromatic rings. The summed E-state index contributed by atoms with van der Waals surface area (Å²) in [6.45, 7) is 4.00. The first-order valence-electron chi connectivity index (χ1n) is 3.29. The molecule has 0 unspecified atom stereocenters. The minimum absolute atomic E-state index is 0. The van der Waals surface area contributed by atoms with Crippen molar-refractivity contribution in [1.82, 2.24) is 4.98 Å². The normalized spacial score (nSPS) is 7.58. The van der Waals surface area contributed by atoms with Gasteiger partial charge in [-0.3, -0.25) is 15.8 Å². The molecular weight excluding hydrogens is 213 g/mol. The standard InChI is InChI=1S/C5H5NS2.C3H7.K/c7-8-5-2-1-3-6-4-5;1-3-2;/h1-4,7H;3H,1-2H3;/q;-1;+1/p-1. The topological polar surface area (TPSA) is 12.9 Å². The Labute approximate surface area is 126 Å². The predicted octanol–water partition coefficient (Wildman–Crippen LogP) is -0.130. The zero-order chi connectivity index (χ0) is 8.53. The maximum Gasteiger partial charge on any atom is 1.00 e. The summed E-state index contributed by atoms with van der Waals surface area (Å²) in [4.78, 5) is 4.90. The average Bonchev–Trinajstić information content (AvgIpc) is 2.08. The van der Waals surface area contributed by atoms with Crippen LogP contribution in [0.5, 0.6) is 0 Å². The number of nitrogens with zero attached hydrogens (tertiary/aromatic N) is 1. The second kappa shape index (κ2) is 12.5. The minimum Gasteiger partial charge on any atom is -0.714 e. The molecule has 0 amide bonds. The Hall–Kier alpha value is 1.49. The van der Waals surface area contributed by atoms with E-state index in [0.717, 1.165) is 4.90 Å². The third-order valence-electron chi connectivity index (χ3n) is 0.731. The number of hydrogen-bond acceptors (Lipinski definition) is 3. The summed E-state index contributed by atoms with van der Waals surface area (Å²) in [5, 5.41) is 0. The second-order valence-electron chi connectivity index (χ2n) is 1.85. The fourth-order valence-electron chi connectivity index (χ4n) is 0.396. The van der Waals surface area contributed by atoms with Crippen molar-refractivity contribution in [2.75, 3.05) is 0 Å². The van der Waals surface area contributed by atoms with Gasteiger partial charge in [-0.1, -0.05) is 0 Å². The van der Waals surface area contributed by atoms with Crippen LogP contribution in [0.3, 0.4) is 0 Å². The zero-order valence-corrected chi connectivity index (χ0v) is 12.4. The van der Waals surface area contributed by atoms with Crippen LogP contribution in [-0.2, 0) is 11.7 Å². The summed E-state index contributed by atoms with van der Waals surface area (Å²) in [5.74, 6) is 0. The van der Waals surface area contributed by atoms with Crippen molar-refractivity contribution < 1.29 is 51.4 Å². The fraction of sp³-hybridized carbons (Fsp3) is 0.250. The van der Waals surface area contributed by atoms with Gasteiger partial charge in [-0.2, -0.15) is 13.8 Å². The average molecular weight is 224 g/mol. The molecule has 0 radical (unpaired) electrons. The molecule has 0 aliphatic carbocycles. The van der Waals surface area contributed by atoms with Crippen molar-refractivity contribution in [3.05, 3.63) is 30.9 Å². The van der Waals surface area contributed by atoms with Gasteiger partial charge in [0, 0.05) is 17.3 Å². The SMILES string of the molecule is C[CH-]C.[K+].[S-]Sc1cccnc1. The van der Waals surface area contributed by atoms with Crippen LogP contribution < -0.4 is 51.4 Å². The van der Waals surface area contributed by atoms with Crippen LogP contribution >= 0.6 is 10.8 Å². The molecule has 0 aliphatic heterocycles. The smallest absolute Gasteiger partial charge is 0.714 e. The van der Waals surface area contributed by atoms with E-state index in [1.807, 2.05) is 32.4 Å². The quantitative estimate of drug-likeness (QED) is 0.285. The first-order chi connectivity index (χ1) is 5.35. The van der Waals surface area contributed by atoms with Gasteiger partial charge in [-0.05, 0) is 12.1 Å². The Balaban J connectivity index is 0. The van der Waals surface area contributed by atoms with Gasteiger partial charge in [0.15, 0.2) is 0 Å². The molecular formula is C8H11KNS2-. The fourth-order valence-corrected chi connectivity index (χ4v) is 0.930. The van der Waals surface area contributed by atoms with Gasteiger partial charge in [-0.25, -0.2) is 0 Å². The van der Waals surface area contributed by atoms with Gasteiger partial charge in [0.1, 0.15) is 0 Å². The van der Waals surface area contributed by atoms with Crippen LogP contribution in [-0.4, -0.2) is 4.98 Å². The summed E-state index contributed by atoms with van der Waals surface area (Å²) in [5.41, 5.74) is 0. The molecule has 0 atom stereocenters.